The second-order valence-electron chi connectivity index (χ2n) is 10.5. The minimum absolute atomic E-state index is 0.117. The number of aliphatic hydroxyl groups is 2. The van der Waals surface area contributed by atoms with Gasteiger partial charge in [-0.25, -0.2) is 4.79 Å². The molecule has 1 heterocycles. The minimum atomic E-state index is -0.599. The molecule has 8 nitrogen and oxygen atoms in total. The molecule has 0 spiro atoms. The van der Waals surface area contributed by atoms with Crippen molar-refractivity contribution in [2.75, 3.05) is 32.9 Å². The van der Waals surface area contributed by atoms with Crippen LogP contribution in [0.25, 0.3) is 5.57 Å². The Hall–Kier alpha value is -2.58. The van der Waals surface area contributed by atoms with Crippen LogP contribution in [0.1, 0.15) is 58.4 Å². The first-order valence-electron chi connectivity index (χ1n) is 12.6. The number of piperidine rings is 1. The Balaban J connectivity index is 1.42. The average Bonchev–Trinajstić information content (AvgIpc) is 2.85. The molecule has 3 rings (SSSR count). The summed E-state index contributed by atoms with van der Waals surface area (Å²) in [7, 11) is 0. The summed E-state index contributed by atoms with van der Waals surface area (Å²) in [6.07, 6.45) is 5.85. The molecule has 2 aliphatic rings. The van der Waals surface area contributed by atoms with Crippen molar-refractivity contribution in [1.82, 2.24) is 10.2 Å². The van der Waals surface area contributed by atoms with Crippen molar-refractivity contribution in [3.05, 3.63) is 35.9 Å². The third-order valence-corrected chi connectivity index (χ3v) is 6.55. The summed E-state index contributed by atoms with van der Waals surface area (Å²) in [4.78, 5) is 26.3. The van der Waals surface area contributed by atoms with E-state index in [1.165, 1.54) is 5.57 Å². The van der Waals surface area contributed by atoms with E-state index in [2.05, 4.69) is 23.5 Å². The lowest BCUT2D eigenvalue weighted by Gasteiger charge is -2.33. The van der Waals surface area contributed by atoms with E-state index in [9.17, 15) is 9.59 Å². The fourth-order valence-corrected chi connectivity index (χ4v) is 4.39. The van der Waals surface area contributed by atoms with Gasteiger partial charge in [-0.15, -0.1) is 0 Å². The molecule has 2 amide bonds. The summed E-state index contributed by atoms with van der Waals surface area (Å²) in [5.74, 6) is 0.988. The Morgan fingerprint density at radius 3 is 2.29 bits per heavy atom. The fourth-order valence-electron chi connectivity index (χ4n) is 4.39. The zero-order valence-corrected chi connectivity index (χ0v) is 21.2. The fraction of sp³-hybridized carbons (Fsp3) is 0.630. The number of carbonyl (C=O) groups is 2. The van der Waals surface area contributed by atoms with Crippen molar-refractivity contribution in [3.63, 3.8) is 0 Å². The van der Waals surface area contributed by atoms with Gasteiger partial charge in [0.2, 0.25) is 5.91 Å². The maximum absolute atomic E-state index is 12.3. The van der Waals surface area contributed by atoms with Gasteiger partial charge in [-0.3, -0.25) is 4.79 Å². The number of carbonyl (C=O) groups excluding carboxylic acids is 2. The SMILES string of the molecule is CC(C)(C)OC(=O)N1CCC(COc2ccc(C3=CCC(C(=O)NC(CO)CO)CC3)cc2)CC1. The average molecular weight is 489 g/mol. The molecular formula is C27H40N2O6. The van der Waals surface area contributed by atoms with Crippen LogP contribution in [-0.2, 0) is 9.53 Å². The number of allylic oxidation sites excluding steroid dienone is 2. The first-order valence-corrected chi connectivity index (χ1v) is 12.6. The highest BCUT2D eigenvalue weighted by atomic mass is 16.6. The quantitative estimate of drug-likeness (QED) is 0.518. The van der Waals surface area contributed by atoms with Gasteiger partial charge in [-0.05, 0) is 82.1 Å². The van der Waals surface area contributed by atoms with Gasteiger partial charge in [-0.2, -0.15) is 0 Å². The number of rotatable bonds is 8. The molecule has 0 bridgehead atoms. The van der Waals surface area contributed by atoms with Gasteiger partial charge in [-0.1, -0.05) is 18.2 Å². The second-order valence-corrected chi connectivity index (χ2v) is 10.5. The molecule has 0 radical (unpaired) electrons. The molecule has 1 saturated heterocycles. The van der Waals surface area contributed by atoms with E-state index in [0.717, 1.165) is 37.0 Å². The third kappa shape index (κ3) is 8.25. The second kappa shape index (κ2) is 12.4. The van der Waals surface area contributed by atoms with Crippen LogP contribution < -0.4 is 10.1 Å². The lowest BCUT2D eigenvalue weighted by molar-refractivity contribution is -0.126. The first kappa shape index (κ1) is 27.0. The number of aliphatic hydroxyl groups excluding tert-OH is 2. The molecule has 194 valence electrons. The molecule has 0 aromatic heterocycles. The Morgan fingerprint density at radius 2 is 1.74 bits per heavy atom. The molecule has 1 atom stereocenters. The number of nitrogens with one attached hydrogen (secondary N) is 1. The van der Waals surface area contributed by atoms with Gasteiger partial charge in [0.1, 0.15) is 11.4 Å². The third-order valence-electron chi connectivity index (χ3n) is 6.55. The summed E-state index contributed by atoms with van der Waals surface area (Å²) >= 11 is 0. The molecule has 1 aliphatic carbocycles. The summed E-state index contributed by atoms with van der Waals surface area (Å²) in [5.41, 5.74) is 1.87. The van der Waals surface area contributed by atoms with E-state index < -0.39 is 11.6 Å². The van der Waals surface area contributed by atoms with Crippen molar-refractivity contribution in [2.45, 2.75) is 64.5 Å². The molecule has 1 aliphatic heterocycles. The van der Waals surface area contributed by atoms with E-state index in [1.807, 2.05) is 32.9 Å². The number of ether oxygens (including phenoxy) is 2. The van der Waals surface area contributed by atoms with Gasteiger partial charge in [0.15, 0.2) is 0 Å². The topological polar surface area (TPSA) is 108 Å². The highest BCUT2D eigenvalue weighted by molar-refractivity contribution is 5.81. The molecule has 1 aromatic rings. The van der Waals surface area contributed by atoms with E-state index in [0.29, 0.717) is 32.0 Å². The van der Waals surface area contributed by atoms with Crippen LogP contribution >= 0.6 is 0 Å². The predicted molar refractivity (Wildman–Crippen MR) is 134 cm³/mol. The van der Waals surface area contributed by atoms with Crippen molar-refractivity contribution in [2.24, 2.45) is 11.8 Å². The zero-order valence-electron chi connectivity index (χ0n) is 21.2. The Kier molecular flexibility index (Phi) is 9.57. The van der Waals surface area contributed by atoms with Crippen molar-refractivity contribution >= 4 is 17.6 Å². The number of nitrogens with zero attached hydrogens (tertiary/aromatic N) is 1. The Morgan fingerprint density at radius 1 is 1.09 bits per heavy atom. The smallest absolute Gasteiger partial charge is 0.410 e. The van der Waals surface area contributed by atoms with Gasteiger partial charge < -0.3 is 29.9 Å². The lowest BCUT2D eigenvalue weighted by atomic mass is 9.86. The maximum atomic E-state index is 12.3. The number of amides is 2. The van der Waals surface area contributed by atoms with Crippen LogP contribution in [0, 0.1) is 11.8 Å². The number of hydrogen-bond donors (Lipinski definition) is 3. The van der Waals surface area contributed by atoms with Crippen LogP contribution in [0.5, 0.6) is 5.75 Å². The molecule has 35 heavy (non-hydrogen) atoms. The normalized spacial score (nSPS) is 19.3. The molecule has 1 unspecified atom stereocenters. The van der Waals surface area contributed by atoms with E-state index in [-0.39, 0.29) is 31.1 Å². The largest absolute Gasteiger partial charge is 0.493 e. The van der Waals surface area contributed by atoms with Gasteiger partial charge in [0.05, 0.1) is 25.9 Å². The van der Waals surface area contributed by atoms with Gasteiger partial charge >= 0.3 is 6.09 Å². The van der Waals surface area contributed by atoms with E-state index >= 15 is 0 Å². The molecule has 8 heteroatoms. The number of hydrogen-bond acceptors (Lipinski definition) is 6. The summed E-state index contributed by atoms with van der Waals surface area (Å²) < 4.78 is 11.5. The van der Waals surface area contributed by atoms with Crippen molar-refractivity contribution < 1.29 is 29.3 Å². The maximum Gasteiger partial charge on any atom is 0.410 e. The van der Waals surface area contributed by atoms with Crippen LogP contribution in [-0.4, -0.2) is 71.7 Å². The highest BCUT2D eigenvalue weighted by Crippen LogP contribution is 2.31. The minimum Gasteiger partial charge on any atom is -0.493 e. The first-order chi connectivity index (χ1) is 16.7. The lowest BCUT2D eigenvalue weighted by Crippen LogP contribution is -2.43. The molecule has 1 aromatic carbocycles. The number of likely N-dealkylation sites (tertiary alicyclic amines) is 1. The van der Waals surface area contributed by atoms with Crippen LogP contribution in [0.4, 0.5) is 4.79 Å². The molecular weight excluding hydrogens is 448 g/mol. The predicted octanol–water partition coefficient (Wildman–Crippen LogP) is 3.37. The molecule has 3 N–H and O–H groups in total. The Bertz CT molecular complexity index is 865. The van der Waals surface area contributed by atoms with Crippen LogP contribution in [0.3, 0.4) is 0 Å². The van der Waals surface area contributed by atoms with Crippen LogP contribution in [0.15, 0.2) is 30.3 Å². The highest BCUT2D eigenvalue weighted by Gasteiger charge is 2.27. The van der Waals surface area contributed by atoms with Crippen molar-refractivity contribution in [1.29, 1.82) is 0 Å². The summed E-state index contributed by atoms with van der Waals surface area (Å²) in [6, 6.07) is 7.48. The zero-order chi connectivity index (χ0) is 25.4. The van der Waals surface area contributed by atoms with E-state index in [4.69, 9.17) is 19.7 Å². The molecule has 0 saturated carbocycles. The van der Waals surface area contributed by atoms with Gasteiger partial charge in [0.25, 0.3) is 0 Å². The standard InChI is InChI=1S/C27H40N2O6/c1-27(2,3)35-26(33)29-14-12-19(13-15-29)18-34-24-10-8-21(9-11-24)20-4-6-22(7-5-20)25(32)28-23(16-30)17-31/h4,8-11,19,22-23,30-31H,5-7,12-18H2,1-3H3,(H,28,32). The summed E-state index contributed by atoms with van der Waals surface area (Å²) in [6.45, 7) is 7.11. The molecule has 1 fully saturated rings. The monoisotopic (exact) mass is 488 g/mol. The van der Waals surface area contributed by atoms with E-state index in [1.54, 1.807) is 4.90 Å². The number of benzene rings is 1. The van der Waals surface area contributed by atoms with Crippen LogP contribution in [0.2, 0.25) is 0 Å². The summed E-state index contributed by atoms with van der Waals surface area (Å²) in [5, 5.41) is 21.0. The van der Waals surface area contributed by atoms with Crippen molar-refractivity contribution in [3.8, 4) is 5.75 Å². The van der Waals surface area contributed by atoms with Gasteiger partial charge in [0, 0.05) is 19.0 Å². The Labute approximate surface area is 208 Å².